The zero-order chi connectivity index (χ0) is 13.5. The van der Waals surface area contributed by atoms with Gasteiger partial charge in [-0.15, -0.1) is 12.4 Å². The van der Waals surface area contributed by atoms with E-state index in [2.05, 4.69) is 6.92 Å². The fraction of sp³-hybridized carbons (Fsp3) is 1.00. The van der Waals surface area contributed by atoms with Crippen molar-refractivity contribution >= 4 is 12.4 Å². The van der Waals surface area contributed by atoms with Gasteiger partial charge in [-0.3, -0.25) is 0 Å². The van der Waals surface area contributed by atoms with E-state index in [4.69, 9.17) is 10.2 Å². The molecule has 0 bridgehead atoms. The minimum Gasteiger partial charge on any atom is -0.394 e. The highest BCUT2D eigenvalue weighted by Gasteiger charge is 2.00. The third-order valence-electron chi connectivity index (χ3n) is 3.60. The molecule has 118 valence electrons. The highest BCUT2D eigenvalue weighted by molar-refractivity contribution is 5.85. The van der Waals surface area contributed by atoms with Gasteiger partial charge >= 0.3 is 0 Å². The molecule has 1 atom stereocenters. The SMILES string of the molecule is CCCCCCCCCCCCCCC(O)CO.Cl. The number of rotatable bonds is 14. The summed E-state index contributed by atoms with van der Waals surface area (Å²) in [4.78, 5) is 0. The summed E-state index contributed by atoms with van der Waals surface area (Å²) in [6.07, 6.45) is 16.3. The molecule has 0 radical (unpaired) electrons. The van der Waals surface area contributed by atoms with Gasteiger partial charge in [-0.25, -0.2) is 0 Å². The number of halogens is 1. The Morgan fingerprint density at radius 2 is 1.05 bits per heavy atom. The first-order valence-corrected chi connectivity index (χ1v) is 8.10. The van der Waals surface area contributed by atoms with Gasteiger partial charge in [0, 0.05) is 0 Å². The van der Waals surface area contributed by atoms with E-state index in [0.717, 1.165) is 12.8 Å². The van der Waals surface area contributed by atoms with E-state index in [1.54, 1.807) is 0 Å². The number of aliphatic hydroxyl groups excluding tert-OH is 2. The van der Waals surface area contributed by atoms with E-state index in [0.29, 0.717) is 0 Å². The third kappa shape index (κ3) is 18.2. The van der Waals surface area contributed by atoms with Crippen molar-refractivity contribution in [2.24, 2.45) is 0 Å². The predicted molar refractivity (Wildman–Crippen MR) is 86.0 cm³/mol. The molecule has 0 fully saturated rings. The van der Waals surface area contributed by atoms with E-state index in [1.807, 2.05) is 0 Å². The number of unbranched alkanes of at least 4 members (excludes halogenated alkanes) is 11. The van der Waals surface area contributed by atoms with Gasteiger partial charge < -0.3 is 10.2 Å². The van der Waals surface area contributed by atoms with Crippen LogP contribution >= 0.6 is 12.4 Å². The number of aliphatic hydroxyl groups is 2. The van der Waals surface area contributed by atoms with Crippen molar-refractivity contribution in [2.75, 3.05) is 6.61 Å². The number of hydrogen-bond acceptors (Lipinski definition) is 2. The largest absolute Gasteiger partial charge is 0.394 e. The van der Waals surface area contributed by atoms with Gasteiger partial charge in [0.2, 0.25) is 0 Å². The lowest BCUT2D eigenvalue weighted by Crippen LogP contribution is -2.10. The molecule has 0 aliphatic carbocycles. The van der Waals surface area contributed by atoms with Gasteiger partial charge in [-0.05, 0) is 6.42 Å². The van der Waals surface area contributed by atoms with Crippen LogP contribution < -0.4 is 0 Å². The predicted octanol–water partition coefficient (Wildman–Crippen LogP) is 4.85. The molecule has 19 heavy (non-hydrogen) atoms. The normalized spacial score (nSPS) is 12.2. The van der Waals surface area contributed by atoms with Gasteiger partial charge in [-0.1, -0.05) is 84.0 Å². The summed E-state index contributed by atoms with van der Waals surface area (Å²) in [5.41, 5.74) is 0. The molecule has 0 aliphatic rings. The maximum atomic E-state index is 9.17. The summed E-state index contributed by atoms with van der Waals surface area (Å²) in [5.74, 6) is 0. The molecule has 0 saturated heterocycles. The second-order valence-electron chi connectivity index (χ2n) is 5.51. The van der Waals surface area contributed by atoms with Crippen LogP contribution in [0.2, 0.25) is 0 Å². The van der Waals surface area contributed by atoms with Crippen molar-refractivity contribution in [1.29, 1.82) is 0 Å². The van der Waals surface area contributed by atoms with E-state index in [1.165, 1.54) is 70.6 Å². The molecule has 0 aromatic heterocycles. The summed E-state index contributed by atoms with van der Waals surface area (Å²) in [6.45, 7) is 2.18. The Morgan fingerprint density at radius 3 is 1.42 bits per heavy atom. The molecule has 3 heteroatoms. The molecule has 0 heterocycles. The molecule has 0 amide bonds. The van der Waals surface area contributed by atoms with Crippen LogP contribution in [0.4, 0.5) is 0 Å². The van der Waals surface area contributed by atoms with Crippen LogP contribution in [0.5, 0.6) is 0 Å². The molecule has 0 aromatic rings. The maximum absolute atomic E-state index is 9.17. The van der Waals surface area contributed by atoms with Crippen LogP contribution in [0.25, 0.3) is 0 Å². The molecule has 0 aliphatic heterocycles. The topological polar surface area (TPSA) is 40.5 Å². The lowest BCUT2D eigenvalue weighted by atomic mass is 10.0. The first kappa shape index (κ1) is 21.5. The lowest BCUT2D eigenvalue weighted by Gasteiger charge is -2.06. The van der Waals surface area contributed by atoms with Gasteiger partial charge in [0.25, 0.3) is 0 Å². The summed E-state index contributed by atoms with van der Waals surface area (Å²) >= 11 is 0. The second-order valence-corrected chi connectivity index (χ2v) is 5.51. The standard InChI is InChI=1S/C16H34O2.ClH/c1-2-3-4-5-6-7-8-9-10-11-12-13-14-16(18)15-17;/h16-18H,2-15H2,1H3;1H. The first-order chi connectivity index (χ1) is 8.81. The quantitative estimate of drug-likeness (QED) is 0.450. The van der Waals surface area contributed by atoms with E-state index in [-0.39, 0.29) is 19.0 Å². The van der Waals surface area contributed by atoms with Crippen LogP contribution in [0.1, 0.15) is 90.4 Å². The zero-order valence-electron chi connectivity index (χ0n) is 12.8. The van der Waals surface area contributed by atoms with Gasteiger partial charge in [-0.2, -0.15) is 0 Å². The van der Waals surface area contributed by atoms with Crippen LogP contribution in [-0.2, 0) is 0 Å². The summed E-state index contributed by atoms with van der Waals surface area (Å²) in [6, 6.07) is 0. The number of hydrogen-bond donors (Lipinski definition) is 2. The first-order valence-electron chi connectivity index (χ1n) is 8.10. The van der Waals surface area contributed by atoms with Crippen LogP contribution in [0, 0.1) is 0 Å². The van der Waals surface area contributed by atoms with Crippen molar-refractivity contribution in [3.8, 4) is 0 Å². The Labute approximate surface area is 126 Å². The Morgan fingerprint density at radius 1 is 0.684 bits per heavy atom. The fourth-order valence-corrected chi connectivity index (χ4v) is 2.31. The average molecular weight is 295 g/mol. The highest BCUT2D eigenvalue weighted by atomic mass is 35.5. The van der Waals surface area contributed by atoms with Gasteiger partial charge in [0.15, 0.2) is 0 Å². The molecule has 0 rings (SSSR count). The summed E-state index contributed by atoms with van der Waals surface area (Å²) in [7, 11) is 0. The van der Waals surface area contributed by atoms with E-state index in [9.17, 15) is 0 Å². The molecule has 2 nitrogen and oxygen atoms in total. The lowest BCUT2D eigenvalue weighted by molar-refractivity contribution is 0.0860. The minimum atomic E-state index is -0.492. The van der Waals surface area contributed by atoms with Gasteiger partial charge in [0.05, 0.1) is 12.7 Å². The molecule has 0 spiro atoms. The van der Waals surface area contributed by atoms with E-state index < -0.39 is 6.10 Å². The van der Waals surface area contributed by atoms with Crippen molar-refractivity contribution in [1.82, 2.24) is 0 Å². The van der Waals surface area contributed by atoms with Crippen molar-refractivity contribution in [3.63, 3.8) is 0 Å². The Hall–Kier alpha value is 0.210. The van der Waals surface area contributed by atoms with Crippen LogP contribution in [-0.4, -0.2) is 22.9 Å². The fourth-order valence-electron chi connectivity index (χ4n) is 2.31. The van der Waals surface area contributed by atoms with E-state index >= 15 is 0 Å². The minimum absolute atomic E-state index is 0. The second kappa shape index (κ2) is 18.2. The molecule has 0 saturated carbocycles. The maximum Gasteiger partial charge on any atom is 0.0770 e. The average Bonchev–Trinajstić information content (AvgIpc) is 2.39. The molecule has 1 unspecified atom stereocenters. The Kier molecular flexibility index (Phi) is 20.6. The third-order valence-corrected chi connectivity index (χ3v) is 3.60. The smallest absolute Gasteiger partial charge is 0.0770 e. The molecular formula is C16H35ClO2. The van der Waals surface area contributed by atoms with Crippen LogP contribution in [0.15, 0.2) is 0 Å². The van der Waals surface area contributed by atoms with Crippen molar-refractivity contribution < 1.29 is 10.2 Å². The van der Waals surface area contributed by atoms with Gasteiger partial charge in [0.1, 0.15) is 0 Å². The molecule has 2 N–H and O–H groups in total. The van der Waals surface area contributed by atoms with Crippen molar-refractivity contribution in [3.05, 3.63) is 0 Å². The zero-order valence-corrected chi connectivity index (χ0v) is 13.6. The highest BCUT2D eigenvalue weighted by Crippen LogP contribution is 2.12. The van der Waals surface area contributed by atoms with Crippen LogP contribution in [0.3, 0.4) is 0 Å². The molecule has 0 aromatic carbocycles. The Balaban J connectivity index is 0. The summed E-state index contributed by atoms with van der Waals surface area (Å²) in [5, 5.41) is 17.8. The Bertz CT molecular complexity index is 154. The molecular weight excluding hydrogens is 260 g/mol. The monoisotopic (exact) mass is 294 g/mol. The summed E-state index contributed by atoms with van der Waals surface area (Å²) < 4.78 is 0. The van der Waals surface area contributed by atoms with Crippen molar-refractivity contribution in [2.45, 2.75) is 96.5 Å².